The molecule has 1 aromatic carbocycles. The van der Waals surface area contributed by atoms with Crippen molar-refractivity contribution in [2.45, 2.75) is 13.3 Å². The van der Waals surface area contributed by atoms with Gasteiger partial charge in [-0.2, -0.15) is 0 Å². The summed E-state index contributed by atoms with van der Waals surface area (Å²) in [5, 5.41) is 5.54. The first kappa shape index (κ1) is 21.2. The number of methoxy groups -OCH3 is 2. The molecule has 26 heavy (non-hydrogen) atoms. The minimum absolute atomic E-state index is 0.143. The van der Waals surface area contributed by atoms with Crippen LogP contribution in [0.25, 0.3) is 0 Å². The first-order chi connectivity index (χ1) is 12.5. The van der Waals surface area contributed by atoms with Crippen LogP contribution in [-0.2, 0) is 23.8 Å². The predicted octanol–water partition coefficient (Wildman–Crippen LogP) is 1.48. The molecular formula is C18H24N2O6. The zero-order chi connectivity index (χ0) is 19.4. The smallest absolute Gasteiger partial charge is 0.354 e. The Bertz CT molecular complexity index is 657. The number of hydrogen-bond acceptors (Lipinski definition) is 7. The van der Waals surface area contributed by atoms with Crippen LogP contribution in [0.2, 0.25) is 0 Å². The average molecular weight is 364 g/mol. The Morgan fingerprint density at radius 2 is 1.85 bits per heavy atom. The fourth-order valence-corrected chi connectivity index (χ4v) is 1.98. The van der Waals surface area contributed by atoms with Crippen molar-refractivity contribution < 1.29 is 28.6 Å². The number of anilines is 1. The van der Waals surface area contributed by atoms with Gasteiger partial charge in [-0.15, -0.1) is 0 Å². The van der Waals surface area contributed by atoms with E-state index in [-0.39, 0.29) is 11.6 Å². The third kappa shape index (κ3) is 6.94. The number of rotatable bonds is 10. The topological polar surface area (TPSA) is 103 Å². The van der Waals surface area contributed by atoms with Gasteiger partial charge in [-0.3, -0.25) is 4.79 Å². The molecule has 0 aromatic heterocycles. The van der Waals surface area contributed by atoms with Crippen molar-refractivity contribution in [1.82, 2.24) is 5.32 Å². The number of hydrogen-bond donors (Lipinski definition) is 2. The largest absolute Gasteiger partial charge is 0.466 e. The fourth-order valence-electron chi connectivity index (χ4n) is 1.98. The maximum Gasteiger partial charge on any atom is 0.354 e. The molecule has 0 fully saturated rings. The Hall–Kier alpha value is -2.87. The van der Waals surface area contributed by atoms with Gasteiger partial charge >= 0.3 is 11.9 Å². The van der Waals surface area contributed by atoms with Gasteiger partial charge in [0, 0.05) is 19.8 Å². The third-order valence-corrected chi connectivity index (χ3v) is 3.26. The van der Waals surface area contributed by atoms with Crippen molar-refractivity contribution in [3.8, 4) is 0 Å². The van der Waals surface area contributed by atoms with Gasteiger partial charge in [0.1, 0.15) is 5.70 Å². The summed E-state index contributed by atoms with van der Waals surface area (Å²) in [6, 6.07) is 6.61. The molecule has 0 spiro atoms. The summed E-state index contributed by atoms with van der Waals surface area (Å²) in [5.74, 6) is -1.80. The van der Waals surface area contributed by atoms with Crippen molar-refractivity contribution >= 4 is 23.5 Å². The quantitative estimate of drug-likeness (QED) is 0.368. The van der Waals surface area contributed by atoms with Gasteiger partial charge in [-0.25, -0.2) is 9.59 Å². The highest BCUT2D eigenvalue weighted by Crippen LogP contribution is 2.18. The molecule has 142 valence electrons. The number of para-hydroxylation sites is 1. The second-order valence-electron chi connectivity index (χ2n) is 5.05. The molecule has 0 saturated carbocycles. The fraction of sp³-hybridized carbons (Fsp3) is 0.389. The molecule has 0 unspecified atom stereocenters. The Kier molecular flexibility index (Phi) is 9.48. The highest BCUT2D eigenvalue weighted by Gasteiger charge is 2.17. The van der Waals surface area contributed by atoms with E-state index in [2.05, 4.69) is 20.1 Å². The first-order valence-corrected chi connectivity index (χ1v) is 8.13. The van der Waals surface area contributed by atoms with Crippen molar-refractivity contribution in [1.29, 1.82) is 0 Å². The Morgan fingerprint density at radius 1 is 1.12 bits per heavy atom. The summed E-state index contributed by atoms with van der Waals surface area (Å²) < 4.78 is 14.4. The van der Waals surface area contributed by atoms with Crippen LogP contribution in [0.1, 0.15) is 23.7 Å². The molecule has 0 aliphatic rings. The van der Waals surface area contributed by atoms with Crippen LogP contribution in [-0.4, -0.2) is 51.8 Å². The van der Waals surface area contributed by atoms with E-state index in [1.54, 1.807) is 24.3 Å². The maximum atomic E-state index is 12.4. The van der Waals surface area contributed by atoms with Crippen molar-refractivity contribution in [3.63, 3.8) is 0 Å². The lowest BCUT2D eigenvalue weighted by Crippen LogP contribution is -2.26. The number of amides is 1. The average Bonchev–Trinajstić information content (AvgIpc) is 2.66. The summed E-state index contributed by atoms with van der Waals surface area (Å²) in [4.78, 5) is 35.7. The SMILES string of the molecule is CCOCCCNC(=O)c1ccccc1N/C(=C/C(=O)OC)C(=O)OC. The van der Waals surface area contributed by atoms with Gasteiger partial charge < -0.3 is 24.8 Å². The van der Waals surface area contributed by atoms with Crippen molar-refractivity contribution in [2.75, 3.05) is 39.3 Å². The molecule has 0 heterocycles. The molecule has 0 atom stereocenters. The Balaban J connectivity index is 2.89. The molecular weight excluding hydrogens is 340 g/mol. The van der Waals surface area contributed by atoms with Crippen molar-refractivity contribution in [3.05, 3.63) is 41.6 Å². The molecule has 0 bridgehead atoms. The number of esters is 2. The summed E-state index contributed by atoms with van der Waals surface area (Å²) in [5.41, 5.74) is 0.537. The van der Waals surface area contributed by atoms with Crippen LogP contribution in [0, 0.1) is 0 Å². The zero-order valence-electron chi connectivity index (χ0n) is 15.2. The lowest BCUT2D eigenvalue weighted by atomic mass is 10.1. The van der Waals surface area contributed by atoms with Gasteiger partial charge in [-0.1, -0.05) is 12.1 Å². The molecule has 0 aliphatic carbocycles. The molecule has 1 aromatic rings. The highest BCUT2D eigenvalue weighted by molar-refractivity contribution is 6.03. The molecule has 1 amide bonds. The van der Waals surface area contributed by atoms with E-state index >= 15 is 0 Å². The summed E-state index contributed by atoms with van der Waals surface area (Å²) in [6.45, 7) is 3.55. The lowest BCUT2D eigenvalue weighted by molar-refractivity contribution is -0.138. The number of nitrogens with one attached hydrogen (secondary N) is 2. The van der Waals surface area contributed by atoms with Crippen LogP contribution in [0.3, 0.4) is 0 Å². The second kappa shape index (κ2) is 11.6. The molecule has 0 aliphatic heterocycles. The van der Waals surface area contributed by atoms with Gasteiger partial charge in [0.05, 0.1) is 31.5 Å². The van der Waals surface area contributed by atoms with E-state index in [1.165, 1.54) is 14.2 Å². The normalized spacial score (nSPS) is 10.8. The van der Waals surface area contributed by atoms with Crippen LogP contribution in [0.4, 0.5) is 5.69 Å². The van der Waals surface area contributed by atoms with Gasteiger partial charge in [0.25, 0.3) is 5.91 Å². The third-order valence-electron chi connectivity index (χ3n) is 3.26. The van der Waals surface area contributed by atoms with E-state index in [9.17, 15) is 14.4 Å². The second-order valence-corrected chi connectivity index (χ2v) is 5.05. The monoisotopic (exact) mass is 364 g/mol. The van der Waals surface area contributed by atoms with E-state index in [0.29, 0.717) is 37.4 Å². The molecule has 8 nitrogen and oxygen atoms in total. The molecule has 8 heteroatoms. The summed E-state index contributed by atoms with van der Waals surface area (Å²) in [7, 11) is 2.38. The van der Waals surface area contributed by atoms with Crippen LogP contribution in [0.15, 0.2) is 36.0 Å². The molecule has 2 N–H and O–H groups in total. The minimum Gasteiger partial charge on any atom is -0.466 e. The predicted molar refractivity (Wildman–Crippen MR) is 95.6 cm³/mol. The number of carbonyl (C=O) groups excluding carboxylic acids is 3. The van der Waals surface area contributed by atoms with E-state index in [4.69, 9.17) is 4.74 Å². The highest BCUT2D eigenvalue weighted by atomic mass is 16.5. The first-order valence-electron chi connectivity index (χ1n) is 8.13. The molecule has 0 radical (unpaired) electrons. The maximum absolute atomic E-state index is 12.4. The standard InChI is InChI=1S/C18H24N2O6/c1-4-26-11-7-10-19-17(22)13-8-5-6-9-14(13)20-15(18(23)25-3)12-16(21)24-2/h5-6,8-9,12,20H,4,7,10-11H2,1-3H3,(H,19,22)/b15-12+. The molecule has 1 rings (SSSR count). The van der Waals surface area contributed by atoms with Gasteiger partial charge in [-0.05, 0) is 25.5 Å². The Morgan fingerprint density at radius 3 is 2.50 bits per heavy atom. The van der Waals surface area contributed by atoms with Gasteiger partial charge in [0.15, 0.2) is 0 Å². The van der Waals surface area contributed by atoms with Crippen LogP contribution >= 0.6 is 0 Å². The van der Waals surface area contributed by atoms with E-state index in [1.807, 2.05) is 6.92 Å². The van der Waals surface area contributed by atoms with Crippen molar-refractivity contribution in [2.24, 2.45) is 0 Å². The van der Waals surface area contributed by atoms with E-state index in [0.717, 1.165) is 6.08 Å². The lowest BCUT2D eigenvalue weighted by Gasteiger charge is -2.13. The van der Waals surface area contributed by atoms with Gasteiger partial charge in [0.2, 0.25) is 0 Å². The minimum atomic E-state index is -0.762. The van der Waals surface area contributed by atoms with Crippen LogP contribution in [0.5, 0.6) is 0 Å². The number of carbonyl (C=O) groups is 3. The summed E-state index contributed by atoms with van der Waals surface area (Å²) >= 11 is 0. The van der Waals surface area contributed by atoms with E-state index < -0.39 is 11.9 Å². The number of ether oxygens (including phenoxy) is 3. The zero-order valence-corrected chi connectivity index (χ0v) is 15.2. The van der Waals surface area contributed by atoms with Crippen LogP contribution < -0.4 is 10.6 Å². The summed E-state index contributed by atoms with van der Waals surface area (Å²) in [6.07, 6.45) is 1.65. The molecule has 0 saturated heterocycles. The Labute approximate surface area is 152 Å². The number of benzene rings is 1.